The highest BCUT2D eigenvalue weighted by molar-refractivity contribution is 5.78. The summed E-state index contributed by atoms with van der Waals surface area (Å²) in [5.74, 6) is -0.00231. The predicted molar refractivity (Wildman–Crippen MR) is 66.4 cm³/mol. The standard InChI is InChI=1S/C12H24N2O2/c1-4-6-7-11(10-16-3)14-9-12(15)13-8-5-2/h5,11,14H,2,4,6-10H2,1,3H3,(H,13,15). The first-order chi connectivity index (χ1) is 7.74. The summed E-state index contributed by atoms with van der Waals surface area (Å²) in [6.45, 7) is 7.20. The van der Waals surface area contributed by atoms with Gasteiger partial charge in [-0.2, -0.15) is 0 Å². The normalized spacial score (nSPS) is 12.1. The van der Waals surface area contributed by atoms with Gasteiger partial charge < -0.3 is 15.4 Å². The second-order valence-corrected chi connectivity index (χ2v) is 3.77. The molecule has 0 saturated carbocycles. The molecule has 0 aromatic carbocycles. The van der Waals surface area contributed by atoms with Crippen LogP contribution in [0, 0.1) is 0 Å². The fraction of sp³-hybridized carbons (Fsp3) is 0.750. The zero-order chi connectivity index (χ0) is 12.2. The Hall–Kier alpha value is -0.870. The van der Waals surface area contributed by atoms with Crippen LogP contribution in [-0.4, -0.2) is 38.8 Å². The first-order valence-electron chi connectivity index (χ1n) is 5.84. The minimum atomic E-state index is -0.00231. The van der Waals surface area contributed by atoms with Crippen molar-refractivity contribution in [3.63, 3.8) is 0 Å². The number of rotatable bonds is 10. The van der Waals surface area contributed by atoms with Crippen molar-refractivity contribution in [2.45, 2.75) is 32.2 Å². The van der Waals surface area contributed by atoms with E-state index in [1.807, 2.05) is 0 Å². The van der Waals surface area contributed by atoms with Gasteiger partial charge in [0, 0.05) is 19.7 Å². The van der Waals surface area contributed by atoms with Crippen LogP contribution in [0.1, 0.15) is 26.2 Å². The van der Waals surface area contributed by atoms with E-state index in [1.165, 1.54) is 0 Å². The molecule has 4 heteroatoms. The molecule has 0 radical (unpaired) electrons. The van der Waals surface area contributed by atoms with Crippen LogP contribution >= 0.6 is 0 Å². The Morgan fingerprint density at radius 2 is 2.31 bits per heavy atom. The molecule has 1 unspecified atom stereocenters. The van der Waals surface area contributed by atoms with Gasteiger partial charge in [-0.1, -0.05) is 25.8 Å². The summed E-state index contributed by atoms with van der Waals surface area (Å²) in [4.78, 5) is 11.3. The van der Waals surface area contributed by atoms with E-state index in [-0.39, 0.29) is 11.9 Å². The summed E-state index contributed by atoms with van der Waals surface area (Å²) in [7, 11) is 1.68. The van der Waals surface area contributed by atoms with Gasteiger partial charge in [-0.3, -0.25) is 4.79 Å². The molecule has 2 N–H and O–H groups in total. The zero-order valence-electron chi connectivity index (χ0n) is 10.4. The summed E-state index contributed by atoms with van der Waals surface area (Å²) >= 11 is 0. The molecule has 0 fully saturated rings. The molecule has 94 valence electrons. The lowest BCUT2D eigenvalue weighted by atomic mass is 10.1. The Balaban J connectivity index is 3.72. The molecule has 0 saturated heterocycles. The molecule has 0 rings (SSSR count). The van der Waals surface area contributed by atoms with Gasteiger partial charge in [-0.05, 0) is 6.42 Å². The topological polar surface area (TPSA) is 50.4 Å². The van der Waals surface area contributed by atoms with Crippen molar-refractivity contribution in [1.29, 1.82) is 0 Å². The summed E-state index contributed by atoms with van der Waals surface area (Å²) < 4.78 is 5.10. The van der Waals surface area contributed by atoms with E-state index in [2.05, 4.69) is 24.1 Å². The van der Waals surface area contributed by atoms with Gasteiger partial charge >= 0.3 is 0 Å². The Morgan fingerprint density at radius 3 is 2.88 bits per heavy atom. The monoisotopic (exact) mass is 228 g/mol. The highest BCUT2D eigenvalue weighted by Gasteiger charge is 2.08. The highest BCUT2D eigenvalue weighted by atomic mass is 16.5. The fourth-order valence-corrected chi connectivity index (χ4v) is 1.38. The number of carbonyl (C=O) groups is 1. The number of carbonyl (C=O) groups excluding carboxylic acids is 1. The summed E-state index contributed by atoms with van der Waals surface area (Å²) in [6, 6.07) is 0.263. The average molecular weight is 228 g/mol. The average Bonchev–Trinajstić information content (AvgIpc) is 2.30. The van der Waals surface area contributed by atoms with Crippen molar-refractivity contribution in [3.8, 4) is 0 Å². The van der Waals surface area contributed by atoms with Crippen LogP contribution < -0.4 is 10.6 Å². The van der Waals surface area contributed by atoms with Crippen LogP contribution in [0.15, 0.2) is 12.7 Å². The molecular weight excluding hydrogens is 204 g/mol. The molecule has 0 spiro atoms. The molecule has 0 aliphatic heterocycles. The van der Waals surface area contributed by atoms with Crippen molar-refractivity contribution in [2.75, 3.05) is 26.8 Å². The van der Waals surface area contributed by atoms with E-state index >= 15 is 0 Å². The largest absolute Gasteiger partial charge is 0.383 e. The van der Waals surface area contributed by atoms with Crippen molar-refractivity contribution in [1.82, 2.24) is 10.6 Å². The van der Waals surface area contributed by atoms with E-state index in [0.717, 1.165) is 19.3 Å². The molecule has 4 nitrogen and oxygen atoms in total. The first-order valence-corrected chi connectivity index (χ1v) is 5.84. The Labute approximate surface area is 98.4 Å². The van der Waals surface area contributed by atoms with Crippen molar-refractivity contribution in [3.05, 3.63) is 12.7 Å². The molecule has 16 heavy (non-hydrogen) atoms. The van der Waals surface area contributed by atoms with E-state index < -0.39 is 0 Å². The quantitative estimate of drug-likeness (QED) is 0.550. The maximum absolute atomic E-state index is 11.3. The molecule has 0 heterocycles. The summed E-state index contributed by atoms with van der Waals surface area (Å²) in [5, 5.41) is 5.92. The maximum Gasteiger partial charge on any atom is 0.234 e. The Morgan fingerprint density at radius 1 is 1.56 bits per heavy atom. The van der Waals surface area contributed by atoms with Gasteiger partial charge in [0.2, 0.25) is 5.91 Å². The number of hydrogen-bond acceptors (Lipinski definition) is 3. The Kier molecular flexibility index (Phi) is 10.1. The van der Waals surface area contributed by atoms with Gasteiger partial charge in [-0.15, -0.1) is 6.58 Å². The number of hydrogen-bond donors (Lipinski definition) is 2. The van der Waals surface area contributed by atoms with Crippen LogP contribution in [-0.2, 0) is 9.53 Å². The van der Waals surface area contributed by atoms with Crippen LogP contribution in [0.2, 0.25) is 0 Å². The second kappa shape index (κ2) is 10.6. The van der Waals surface area contributed by atoms with Gasteiger partial charge in [-0.25, -0.2) is 0 Å². The van der Waals surface area contributed by atoms with E-state index in [1.54, 1.807) is 13.2 Å². The molecular formula is C12H24N2O2. The number of ether oxygens (including phenoxy) is 1. The van der Waals surface area contributed by atoms with Crippen molar-refractivity contribution >= 4 is 5.91 Å². The van der Waals surface area contributed by atoms with E-state index in [4.69, 9.17) is 4.74 Å². The van der Waals surface area contributed by atoms with E-state index in [9.17, 15) is 4.79 Å². The third-order valence-corrected chi connectivity index (χ3v) is 2.27. The van der Waals surface area contributed by atoms with Gasteiger partial charge in [0.15, 0.2) is 0 Å². The minimum Gasteiger partial charge on any atom is -0.383 e. The lowest BCUT2D eigenvalue weighted by molar-refractivity contribution is -0.120. The third kappa shape index (κ3) is 8.44. The number of methoxy groups -OCH3 is 1. The molecule has 0 aliphatic carbocycles. The lowest BCUT2D eigenvalue weighted by Gasteiger charge is -2.17. The zero-order valence-corrected chi connectivity index (χ0v) is 10.4. The summed E-state index contributed by atoms with van der Waals surface area (Å²) in [5.41, 5.74) is 0. The van der Waals surface area contributed by atoms with E-state index in [0.29, 0.717) is 19.7 Å². The van der Waals surface area contributed by atoms with Crippen molar-refractivity contribution < 1.29 is 9.53 Å². The van der Waals surface area contributed by atoms with Crippen molar-refractivity contribution in [2.24, 2.45) is 0 Å². The third-order valence-electron chi connectivity index (χ3n) is 2.27. The molecule has 1 atom stereocenters. The molecule has 1 amide bonds. The van der Waals surface area contributed by atoms with Crippen LogP contribution in [0.4, 0.5) is 0 Å². The van der Waals surface area contributed by atoms with Crippen LogP contribution in [0.25, 0.3) is 0 Å². The smallest absolute Gasteiger partial charge is 0.234 e. The number of nitrogens with one attached hydrogen (secondary N) is 2. The lowest BCUT2D eigenvalue weighted by Crippen LogP contribution is -2.41. The second-order valence-electron chi connectivity index (χ2n) is 3.77. The van der Waals surface area contributed by atoms with Crippen LogP contribution in [0.3, 0.4) is 0 Å². The van der Waals surface area contributed by atoms with Gasteiger partial charge in [0.05, 0.1) is 13.2 Å². The molecule has 0 aromatic heterocycles. The van der Waals surface area contributed by atoms with Crippen LogP contribution in [0.5, 0.6) is 0 Å². The fourth-order valence-electron chi connectivity index (χ4n) is 1.38. The highest BCUT2D eigenvalue weighted by Crippen LogP contribution is 2.00. The predicted octanol–water partition coefficient (Wildman–Crippen LogP) is 1.08. The number of unbranched alkanes of at least 4 members (excludes halogenated alkanes) is 1. The molecule has 0 bridgehead atoms. The first kappa shape index (κ1) is 15.1. The summed E-state index contributed by atoms with van der Waals surface area (Å²) in [6.07, 6.45) is 5.01. The van der Waals surface area contributed by atoms with Gasteiger partial charge in [0.25, 0.3) is 0 Å². The minimum absolute atomic E-state index is 0.00231. The van der Waals surface area contributed by atoms with Gasteiger partial charge in [0.1, 0.15) is 0 Å². The molecule has 0 aliphatic rings. The molecule has 0 aromatic rings. The maximum atomic E-state index is 11.3. The SMILES string of the molecule is C=CCNC(=O)CNC(CCCC)COC. The number of amides is 1. The Bertz CT molecular complexity index is 195.